The minimum absolute atomic E-state index is 0.0363. The third-order valence-electron chi connectivity index (χ3n) is 2.94. The summed E-state index contributed by atoms with van der Waals surface area (Å²) in [6.07, 6.45) is 1.35. The van der Waals surface area contributed by atoms with Crippen molar-refractivity contribution in [3.05, 3.63) is 63.8 Å². The number of nitrogens with one attached hydrogen (secondary N) is 1. The van der Waals surface area contributed by atoms with Crippen LogP contribution in [0.4, 0.5) is 11.5 Å². The molecular formula is C14H13N5O2. The molecule has 1 atom stereocenters. The van der Waals surface area contributed by atoms with Gasteiger partial charge < -0.3 is 11.1 Å². The summed E-state index contributed by atoms with van der Waals surface area (Å²) < 4.78 is 0. The molecule has 0 saturated carbocycles. The van der Waals surface area contributed by atoms with Crippen molar-refractivity contribution in [3.63, 3.8) is 0 Å². The van der Waals surface area contributed by atoms with E-state index in [2.05, 4.69) is 10.3 Å². The second-order valence-corrected chi connectivity index (χ2v) is 4.32. The first-order valence-electron chi connectivity index (χ1n) is 6.21. The van der Waals surface area contributed by atoms with Crippen LogP contribution in [0.25, 0.3) is 0 Å². The van der Waals surface area contributed by atoms with E-state index < -0.39 is 4.92 Å². The number of nitrogens with two attached hydrogens (primary N) is 1. The molecule has 1 aromatic heterocycles. The van der Waals surface area contributed by atoms with E-state index in [9.17, 15) is 10.1 Å². The number of benzene rings is 1. The van der Waals surface area contributed by atoms with Gasteiger partial charge in [0.2, 0.25) is 5.82 Å². The van der Waals surface area contributed by atoms with Crippen molar-refractivity contribution in [2.75, 3.05) is 11.9 Å². The third-order valence-corrected chi connectivity index (χ3v) is 2.94. The maximum absolute atomic E-state index is 11.1. The lowest BCUT2D eigenvalue weighted by Gasteiger charge is -2.13. The Balaban J connectivity index is 2.18. The molecule has 1 aromatic carbocycles. The number of aromatic nitrogens is 1. The highest BCUT2D eigenvalue weighted by atomic mass is 16.6. The Morgan fingerprint density at radius 1 is 1.38 bits per heavy atom. The fraction of sp³-hybridized carbons (Fsp3) is 0.143. The number of hydrogen-bond acceptors (Lipinski definition) is 6. The molecule has 0 saturated heterocycles. The summed E-state index contributed by atoms with van der Waals surface area (Å²) in [6, 6.07) is 12.1. The standard InChI is InChI=1S/C14H13N5O2/c15-8-11-6-7-17-14(13(11)19(20)21)18-9-12(16)10-4-2-1-3-5-10/h1-7,12H,9,16H2,(H,17,18). The van der Waals surface area contributed by atoms with E-state index in [0.29, 0.717) is 0 Å². The first-order chi connectivity index (χ1) is 10.1. The summed E-state index contributed by atoms with van der Waals surface area (Å²) >= 11 is 0. The average molecular weight is 283 g/mol. The van der Waals surface area contributed by atoms with Crippen LogP contribution < -0.4 is 11.1 Å². The SMILES string of the molecule is N#Cc1ccnc(NCC(N)c2ccccc2)c1[N+](=O)[O-]. The van der Waals surface area contributed by atoms with Crippen molar-refractivity contribution in [2.24, 2.45) is 5.73 Å². The molecule has 0 aliphatic rings. The maximum Gasteiger partial charge on any atom is 0.328 e. The van der Waals surface area contributed by atoms with Gasteiger partial charge >= 0.3 is 5.69 Å². The number of anilines is 1. The van der Waals surface area contributed by atoms with Crippen LogP contribution in [0.15, 0.2) is 42.6 Å². The lowest BCUT2D eigenvalue weighted by Crippen LogP contribution is -2.21. The fourth-order valence-corrected chi connectivity index (χ4v) is 1.88. The summed E-state index contributed by atoms with van der Waals surface area (Å²) in [6.45, 7) is 0.271. The van der Waals surface area contributed by atoms with Gasteiger partial charge in [0.1, 0.15) is 11.6 Å². The van der Waals surface area contributed by atoms with E-state index in [0.717, 1.165) is 5.56 Å². The van der Waals surface area contributed by atoms with Crippen LogP contribution in [0.5, 0.6) is 0 Å². The zero-order valence-electron chi connectivity index (χ0n) is 11.1. The van der Waals surface area contributed by atoms with Gasteiger partial charge in [-0.15, -0.1) is 0 Å². The molecule has 1 heterocycles. The highest BCUT2D eigenvalue weighted by Crippen LogP contribution is 2.26. The van der Waals surface area contributed by atoms with Gasteiger partial charge in [0, 0.05) is 18.8 Å². The monoisotopic (exact) mass is 283 g/mol. The van der Waals surface area contributed by atoms with Crippen LogP contribution in [0.1, 0.15) is 17.2 Å². The summed E-state index contributed by atoms with van der Waals surface area (Å²) in [5.74, 6) is 0.0467. The van der Waals surface area contributed by atoms with Crippen LogP contribution in [0, 0.1) is 21.4 Å². The van der Waals surface area contributed by atoms with Crippen LogP contribution in [0.2, 0.25) is 0 Å². The lowest BCUT2D eigenvalue weighted by atomic mass is 10.1. The fourth-order valence-electron chi connectivity index (χ4n) is 1.88. The van der Waals surface area contributed by atoms with Crippen LogP contribution >= 0.6 is 0 Å². The highest BCUT2D eigenvalue weighted by molar-refractivity contribution is 5.64. The molecule has 2 aromatic rings. The molecule has 0 aliphatic heterocycles. The number of rotatable bonds is 5. The Hall–Kier alpha value is -2.98. The number of pyridine rings is 1. The molecule has 0 bridgehead atoms. The largest absolute Gasteiger partial charge is 0.362 e. The number of nitriles is 1. The number of hydrogen-bond donors (Lipinski definition) is 2. The molecule has 0 aliphatic carbocycles. The molecule has 7 heteroatoms. The molecule has 21 heavy (non-hydrogen) atoms. The molecule has 0 amide bonds. The van der Waals surface area contributed by atoms with Gasteiger partial charge in [-0.1, -0.05) is 30.3 Å². The molecule has 7 nitrogen and oxygen atoms in total. The number of nitro groups is 1. The van der Waals surface area contributed by atoms with Crippen molar-refractivity contribution in [2.45, 2.75) is 6.04 Å². The zero-order valence-corrected chi connectivity index (χ0v) is 11.1. The van der Waals surface area contributed by atoms with Gasteiger partial charge in [-0.2, -0.15) is 5.26 Å². The summed E-state index contributed by atoms with van der Waals surface area (Å²) in [5.41, 5.74) is 6.55. The van der Waals surface area contributed by atoms with E-state index in [-0.39, 0.29) is 29.7 Å². The summed E-state index contributed by atoms with van der Waals surface area (Å²) in [4.78, 5) is 14.4. The van der Waals surface area contributed by atoms with Gasteiger partial charge in [0.05, 0.1) is 4.92 Å². The Kier molecular flexibility index (Phi) is 4.43. The normalized spacial score (nSPS) is 11.4. The van der Waals surface area contributed by atoms with Gasteiger partial charge in [-0.3, -0.25) is 10.1 Å². The molecule has 1 unspecified atom stereocenters. The maximum atomic E-state index is 11.1. The first kappa shape index (κ1) is 14.4. The van der Waals surface area contributed by atoms with Gasteiger partial charge in [-0.25, -0.2) is 4.98 Å². The lowest BCUT2D eigenvalue weighted by molar-refractivity contribution is -0.384. The van der Waals surface area contributed by atoms with E-state index in [1.54, 1.807) is 6.07 Å². The summed E-state index contributed by atoms with van der Waals surface area (Å²) in [7, 11) is 0. The Morgan fingerprint density at radius 3 is 2.71 bits per heavy atom. The van der Waals surface area contributed by atoms with Gasteiger partial charge in [0.15, 0.2) is 0 Å². The van der Waals surface area contributed by atoms with Crippen molar-refractivity contribution in [1.82, 2.24) is 4.98 Å². The molecule has 0 radical (unpaired) electrons. The molecule has 3 N–H and O–H groups in total. The predicted octanol–water partition coefficient (Wildman–Crippen LogP) is 1.97. The van der Waals surface area contributed by atoms with Crippen molar-refractivity contribution >= 4 is 11.5 Å². The topological polar surface area (TPSA) is 118 Å². The smallest absolute Gasteiger partial charge is 0.328 e. The minimum Gasteiger partial charge on any atom is -0.362 e. The van der Waals surface area contributed by atoms with E-state index >= 15 is 0 Å². The second-order valence-electron chi connectivity index (χ2n) is 4.32. The quantitative estimate of drug-likeness (QED) is 0.639. The molecule has 0 fully saturated rings. The first-order valence-corrected chi connectivity index (χ1v) is 6.21. The van der Waals surface area contributed by atoms with E-state index in [1.165, 1.54) is 12.3 Å². The van der Waals surface area contributed by atoms with Crippen LogP contribution in [-0.4, -0.2) is 16.5 Å². The molecule has 106 valence electrons. The van der Waals surface area contributed by atoms with Crippen molar-refractivity contribution in [1.29, 1.82) is 5.26 Å². The molecule has 2 rings (SSSR count). The second kappa shape index (κ2) is 6.45. The molecular weight excluding hydrogens is 270 g/mol. The van der Waals surface area contributed by atoms with E-state index in [1.807, 2.05) is 30.3 Å². The Morgan fingerprint density at radius 2 is 2.10 bits per heavy atom. The molecule has 0 spiro atoms. The van der Waals surface area contributed by atoms with Gasteiger partial charge in [0.25, 0.3) is 0 Å². The van der Waals surface area contributed by atoms with Crippen LogP contribution in [-0.2, 0) is 0 Å². The van der Waals surface area contributed by atoms with E-state index in [4.69, 9.17) is 11.0 Å². The van der Waals surface area contributed by atoms with Crippen LogP contribution in [0.3, 0.4) is 0 Å². The summed E-state index contributed by atoms with van der Waals surface area (Å²) in [5, 5.41) is 22.8. The third kappa shape index (κ3) is 3.32. The van der Waals surface area contributed by atoms with Gasteiger partial charge in [-0.05, 0) is 11.6 Å². The predicted molar refractivity (Wildman–Crippen MR) is 77.5 cm³/mol. The Labute approximate surface area is 121 Å². The average Bonchev–Trinajstić information content (AvgIpc) is 2.52. The zero-order chi connectivity index (χ0) is 15.2. The Bertz CT molecular complexity index is 682. The van der Waals surface area contributed by atoms with Crippen molar-refractivity contribution < 1.29 is 4.92 Å². The highest BCUT2D eigenvalue weighted by Gasteiger charge is 2.21. The minimum atomic E-state index is -0.623. The van der Waals surface area contributed by atoms with Crippen molar-refractivity contribution in [3.8, 4) is 6.07 Å². The number of nitrogens with zero attached hydrogens (tertiary/aromatic N) is 3.